The van der Waals surface area contributed by atoms with Crippen molar-refractivity contribution in [2.75, 3.05) is 11.9 Å². The second-order valence-corrected chi connectivity index (χ2v) is 3.76. The number of nitrogens with zero attached hydrogens (tertiary/aromatic N) is 4. The molecule has 2 aromatic rings. The molecule has 0 saturated heterocycles. The van der Waals surface area contributed by atoms with E-state index in [4.69, 9.17) is 5.73 Å². The van der Waals surface area contributed by atoms with E-state index in [-0.39, 0.29) is 12.5 Å². The topological polar surface area (TPSA) is 122 Å². The number of hydrogen-bond acceptors (Lipinski definition) is 7. The molecule has 0 aliphatic carbocycles. The second-order valence-electron chi connectivity index (χ2n) is 2.90. The first-order valence-electron chi connectivity index (χ1n) is 4.44. The minimum absolute atomic E-state index is 0.0558. The fourth-order valence-electron chi connectivity index (χ4n) is 1.04. The van der Waals surface area contributed by atoms with Crippen LogP contribution >= 0.6 is 11.3 Å². The Hall–Kier alpha value is -1.87. The Balaban J connectivity index is 1.99. The van der Waals surface area contributed by atoms with Gasteiger partial charge in [-0.3, -0.25) is 4.79 Å². The van der Waals surface area contributed by atoms with Gasteiger partial charge in [-0.25, -0.2) is 4.98 Å². The molecule has 2 rings (SSSR count). The van der Waals surface area contributed by atoms with Crippen LogP contribution in [-0.2, 0) is 11.2 Å². The number of thiazole rings is 1. The highest BCUT2D eigenvalue weighted by Crippen LogP contribution is 2.16. The quantitative estimate of drug-likeness (QED) is 0.638. The highest BCUT2D eigenvalue weighted by atomic mass is 32.1. The smallest absolute Gasteiger partial charge is 0.239 e. The summed E-state index contributed by atoms with van der Waals surface area (Å²) in [5.74, 6) is 0.294. The maximum absolute atomic E-state index is 11.0. The van der Waals surface area contributed by atoms with Crippen molar-refractivity contribution in [3.8, 4) is 0 Å². The average Bonchev–Trinajstić information content (AvgIpc) is 2.91. The van der Waals surface area contributed by atoms with Crippen LogP contribution in [0.3, 0.4) is 0 Å². The molecule has 4 N–H and O–H groups in total. The lowest BCUT2D eigenvalue weighted by Gasteiger charge is -1.96. The minimum Gasteiger partial charge on any atom is -0.322 e. The fourth-order valence-corrected chi connectivity index (χ4v) is 1.76. The van der Waals surface area contributed by atoms with Gasteiger partial charge in [0.1, 0.15) is 0 Å². The molecule has 0 aromatic carbocycles. The van der Waals surface area contributed by atoms with E-state index in [0.29, 0.717) is 17.4 Å². The third-order valence-electron chi connectivity index (χ3n) is 1.71. The number of rotatable bonds is 4. The van der Waals surface area contributed by atoms with Gasteiger partial charge in [0, 0.05) is 5.38 Å². The van der Waals surface area contributed by atoms with Crippen molar-refractivity contribution in [2.45, 2.75) is 6.42 Å². The molecule has 0 aliphatic heterocycles. The third-order valence-corrected chi connectivity index (χ3v) is 2.52. The summed E-state index contributed by atoms with van der Waals surface area (Å²) in [7, 11) is 0. The molecule has 9 heteroatoms. The van der Waals surface area contributed by atoms with Gasteiger partial charge in [0.15, 0.2) is 11.0 Å². The highest BCUT2D eigenvalue weighted by molar-refractivity contribution is 7.13. The lowest BCUT2D eigenvalue weighted by atomic mass is 10.3. The molecule has 8 nitrogen and oxygen atoms in total. The molecule has 0 fully saturated rings. The molecule has 0 aliphatic rings. The van der Waals surface area contributed by atoms with Crippen molar-refractivity contribution in [3.05, 3.63) is 16.9 Å². The Kier molecular flexibility index (Phi) is 3.17. The number of tetrazole rings is 1. The van der Waals surface area contributed by atoms with Crippen LogP contribution in [0.1, 0.15) is 11.5 Å². The Morgan fingerprint density at radius 2 is 2.50 bits per heavy atom. The van der Waals surface area contributed by atoms with Crippen molar-refractivity contribution in [2.24, 2.45) is 5.73 Å². The van der Waals surface area contributed by atoms with E-state index in [1.54, 1.807) is 0 Å². The molecule has 2 heterocycles. The maximum atomic E-state index is 11.0. The summed E-state index contributed by atoms with van der Waals surface area (Å²) in [4.78, 5) is 15.2. The highest BCUT2D eigenvalue weighted by Gasteiger charge is 2.07. The van der Waals surface area contributed by atoms with Crippen LogP contribution in [0.5, 0.6) is 0 Å². The van der Waals surface area contributed by atoms with Gasteiger partial charge in [0.05, 0.1) is 18.7 Å². The molecule has 0 atom stereocenters. The van der Waals surface area contributed by atoms with Crippen molar-refractivity contribution in [1.82, 2.24) is 25.6 Å². The first kappa shape index (κ1) is 10.6. The first-order chi connectivity index (χ1) is 7.78. The molecule has 0 spiro atoms. The van der Waals surface area contributed by atoms with E-state index in [0.717, 1.165) is 5.69 Å². The molecular weight excluding hydrogens is 230 g/mol. The molecular formula is C7H9N7OS. The molecule has 0 radical (unpaired) electrons. The Morgan fingerprint density at radius 3 is 3.19 bits per heavy atom. The van der Waals surface area contributed by atoms with Crippen LogP contribution in [0.15, 0.2) is 5.38 Å². The van der Waals surface area contributed by atoms with Crippen LogP contribution in [0.2, 0.25) is 0 Å². The van der Waals surface area contributed by atoms with Gasteiger partial charge in [0.25, 0.3) is 0 Å². The molecule has 0 unspecified atom stereocenters. The number of hydrogen-bond donors (Lipinski definition) is 3. The van der Waals surface area contributed by atoms with Crippen LogP contribution in [0.25, 0.3) is 0 Å². The number of H-pyrrole nitrogens is 1. The summed E-state index contributed by atoms with van der Waals surface area (Å²) in [6, 6.07) is 0. The van der Waals surface area contributed by atoms with Crippen molar-refractivity contribution >= 4 is 22.4 Å². The zero-order valence-corrected chi connectivity index (χ0v) is 8.99. The summed E-state index contributed by atoms with van der Waals surface area (Å²) in [5, 5.41) is 18.3. The van der Waals surface area contributed by atoms with Crippen LogP contribution in [0, 0.1) is 0 Å². The van der Waals surface area contributed by atoms with Crippen LogP contribution < -0.4 is 11.1 Å². The minimum atomic E-state index is -0.263. The largest absolute Gasteiger partial charge is 0.322 e. The van der Waals surface area contributed by atoms with Gasteiger partial charge >= 0.3 is 0 Å². The van der Waals surface area contributed by atoms with Gasteiger partial charge < -0.3 is 11.1 Å². The van der Waals surface area contributed by atoms with E-state index in [1.165, 1.54) is 11.3 Å². The van der Waals surface area contributed by atoms with Crippen molar-refractivity contribution in [1.29, 1.82) is 0 Å². The monoisotopic (exact) mass is 239 g/mol. The number of carbonyl (C=O) groups is 1. The molecule has 1 amide bonds. The van der Waals surface area contributed by atoms with E-state index in [1.807, 2.05) is 5.38 Å². The molecule has 0 saturated carbocycles. The summed E-state index contributed by atoms with van der Waals surface area (Å²) in [6.07, 6.45) is 0.478. The molecule has 84 valence electrons. The van der Waals surface area contributed by atoms with Gasteiger partial charge in [-0.1, -0.05) is 5.21 Å². The van der Waals surface area contributed by atoms with E-state index in [2.05, 4.69) is 30.9 Å². The lowest BCUT2D eigenvalue weighted by molar-refractivity contribution is -0.114. The molecule has 0 bridgehead atoms. The summed E-state index contributed by atoms with van der Waals surface area (Å²) in [5.41, 5.74) is 5.95. The number of amides is 1. The van der Waals surface area contributed by atoms with E-state index < -0.39 is 0 Å². The number of nitrogens with one attached hydrogen (secondary N) is 2. The summed E-state index contributed by atoms with van der Waals surface area (Å²) in [6.45, 7) is -0.0558. The number of aromatic nitrogens is 5. The zero-order chi connectivity index (χ0) is 11.4. The molecule has 2 aromatic heterocycles. The van der Waals surface area contributed by atoms with E-state index >= 15 is 0 Å². The number of anilines is 1. The Labute approximate surface area is 94.3 Å². The predicted molar refractivity (Wildman–Crippen MR) is 56.8 cm³/mol. The fraction of sp³-hybridized carbons (Fsp3) is 0.286. The molecule has 16 heavy (non-hydrogen) atoms. The number of carbonyl (C=O) groups excluding carboxylic acids is 1. The predicted octanol–water partition coefficient (Wildman–Crippen LogP) is -0.856. The van der Waals surface area contributed by atoms with Crippen LogP contribution in [0.4, 0.5) is 5.13 Å². The lowest BCUT2D eigenvalue weighted by Crippen LogP contribution is -2.21. The number of aromatic amines is 1. The Morgan fingerprint density at radius 1 is 1.62 bits per heavy atom. The van der Waals surface area contributed by atoms with E-state index in [9.17, 15) is 4.79 Å². The van der Waals surface area contributed by atoms with Crippen molar-refractivity contribution in [3.63, 3.8) is 0 Å². The zero-order valence-electron chi connectivity index (χ0n) is 8.17. The summed E-state index contributed by atoms with van der Waals surface area (Å²) < 4.78 is 0. The number of nitrogens with two attached hydrogens (primary N) is 1. The average molecular weight is 239 g/mol. The van der Waals surface area contributed by atoms with Gasteiger partial charge in [-0.2, -0.15) is 5.21 Å². The van der Waals surface area contributed by atoms with Crippen molar-refractivity contribution < 1.29 is 4.79 Å². The standard InChI is InChI=1S/C7H9N7OS/c8-2-6(15)10-7-9-4(3-16-7)1-5-11-13-14-12-5/h3H,1-2,8H2,(H,9,10,15)(H,11,12,13,14). The normalized spacial score (nSPS) is 10.3. The Bertz CT molecular complexity index is 465. The third kappa shape index (κ3) is 2.58. The second kappa shape index (κ2) is 4.77. The van der Waals surface area contributed by atoms with Crippen LogP contribution in [-0.4, -0.2) is 38.1 Å². The maximum Gasteiger partial charge on any atom is 0.239 e. The summed E-state index contributed by atoms with van der Waals surface area (Å²) >= 11 is 1.33. The first-order valence-corrected chi connectivity index (χ1v) is 5.32. The SMILES string of the molecule is NCC(=O)Nc1nc(Cc2nn[nH]n2)cs1. The van der Waals surface area contributed by atoms with Gasteiger partial charge in [0.2, 0.25) is 5.91 Å². The van der Waals surface area contributed by atoms with Gasteiger partial charge in [-0.05, 0) is 0 Å². The van der Waals surface area contributed by atoms with Gasteiger partial charge in [-0.15, -0.1) is 21.5 Å².